The number of aromatic nitrogens is 3. The predicted octanol–water partition coefficient (Wildman–Crippen LogP) is 5.62. The Hall–Kier alpha value is -4.02. The summed E-state index contributed by atoms with van der Waals surface area (Å²) in [7, 11) is 6.27. The molecule has 0 saturated heterocycles. The van der Waals surface area contributed by atoms with Gasteiger partial charge in [-0.15, -0.1) is 10.2 Å². The maximum atomic E-state index is 12.5. The maximum absolute atomic E-state index is 12.5. The molecule has 4 aromatic rings. The van der Waals surface area contributed by atoms with E-state index in [1.807, 2.05) is 18.2 Å². The second-order valence-corrected chi connectivity index (χ2v) is 9.16. The summed E-state index contributed by atoms with van der Waals surface area (Å²) < 4.78 is 21.7. The fraction of sp³-hybridized carbons (Fsp3) is 0.185. The van der Waals surface area contributed by atoms with Crippen LogP contribution in [-0.4, -0.2) is 55.3 Å². The van der Waals surface area contributed by atoms with Crippen molar-refractivity contribution in [2.45, 2.75) is 5.16 Å². The normalized spacial score (nSPS) is 10.6. The lowest BCUT2D eigenvalue weighted by Crippen LogP contribution is -2.14. The first-order valence-corrected chi connectivity index (χ1v) is 12.7. The van der Waals surface area contributed by atoms with Crippen LogP contribution in [0.5, 0.6) is 23.0 Å². The van der Waals surface area contributed by atoms with Gasteiger partial charge in [-0.1, -0.05) is 29.4 Å². The fourth-order valence-corrected chi connectivity index (χ4v) is 4.41. The lowest BCUT2D eigenvalue weighted by molar-refractivity contribution is -0.113. The Balaban J connectivity index is 1.68. The molecule has 38 heavy (non-hydrogen) atoms. The number of rotatable bonds is 10. The highest BCUT2D eigenvalue weighted by molar-refractivity contribution is 7.99. The van der Waals surface area contributed by atoms with E-state index in [4.69, 9.17) is 35.5 Å². The van der Waals surface area contributed by atoms with Crippen LogP contribution in [0.25, 0.3) is 22.5 Å². The largest absolute Gasteiger partial charge is 0.493 e. The zero-order valence-electron chi connectivity index (χ0n) is 21.1. The van der Waals surface area contributed by atoms with E-state index in [9.17, 15) is 4.79 Å². The zero-order chi connectivity index (χ0) is 27.1. The van der Waals surface area contributed by atoms with Crippen LogP contribution in [0.1, 0.15) is 0 Å². The van der Waals surface area contributed by atoms with Gasteiger partial charge in [0.15, 0.2) is 23.0 Å². The summed E-state index contributed by atoms with van der Waals surface area (Å²) in [5.41, 5.74) is 3.13. The molecule has 0 aliphatic rings. The number of thioether (sulfide) groups is 1. The van der Waals surface area contributed by atoms with E-state index in [0.717, 1.165) is 11.1 Å². The van der Waals surface area contributed by atoms with Gasteiger partial charge in [-0.3, -0.25) is 4.79 Å². The Labute approximate surface area is 229 Å². The van der Waals surface area contributed by atoms with Gasteiger partial charge in [0.05, 0.1) is 34.2 Å². The van der Waals surface area contributed by atoms with Crippen molar-refractivity contribution in [3.8, 4) is 45.5 Å². The number of amides is 1. The standard InChI is InChI=1S/C27H25ClN4O5S/c1-34-20-10-8-16(12-22(20)36-3)25-26(17-9-11-21(35-2)23(13-17)37-4)31-32-27(30-25)38-15-24(33)29-19-7-5-6-18(28)14-19/h5-14H,15H2,1-4H3,(H,29,33). The summed E-state index contributed by atoms with van der Waals surface area (Å²) in [6.07, 6.45) is 0. The Kier molecular flexibility index (Phi) is 8.88. The second kappa shape index (κ2) is 12.5. The van der Waals surface area contributed by atoms with Crippen molar-refractivity contribution in [2.75, 3.05) is 39.5 Å². The Morgan fingerprint density at radius 3 is 1.97 bits per heavy atom. The van der Waals surface area contributed by atoms with Gasteiger partial charge in [0.1, 0.15) is 11.4 Å². The van der Waals surface area contributed by atoms with Gasteiger partial charge in [0.2, 0.25) is 11.1 Å². The average Bonchev–Trinajstić information content (AvgIpc) is 2.95. The Bertz CT molecular complexity index is 1450. The molecule has 196 valence electrons. The van der Waals surface area contributed by atoms with Crippen molar-refractivity contribution in [3.05, 3.63) is 65.7 Å². The molecule has 0 unspecified atom stereocenters. The predicted molar refractivity (Wildman–Crippen MR) is 148 cm³/mol. The van der Waals surface area contributed by atoms with Gasteiger partial charge in [-0.05, 0) is 54.6 Å². The van der Waals surface area contributed by atoms with E-state index in [1.54, 1.807) is 70.9 Å². The van der Waals surface area contributed by atoms with Gasteiger partial charge >= 0.3 is 0 Å². The molecule has 4 rings (SSSR count). The number of carbonyl (C=O) groups is 1. The number of benzene rings is 3. The van der Waals surface area contributed by atoms with Crippen LogP contribution in [0, 0.1) is 0 Å². The number of methoxy groups -OCH3 is 4. The van der Waals surface area contributed by atoms with Crippen molar-refractivity contribution in [1.29, 1.82) is 0 Å². The first kappa shape index (κ1) is 27.0. The van der Waals surface area contributed by atoms with Crippen LogP contribution in [0.2, 0.25) is 5.02 Å². The van der Waals surface area contributed by atoms with E-state index < -0.39 is 0 Å². The van der Waals surface area contributed by atoms with Crippen LogP contribution >= 0.6 is 23.4 Å². The zero-order valence-corrected chi connectivity index (χ0v) is 22.7. The number of hydrogen-bond donors (Lipinski definition) is 1. The van der Waals surface area contributed by atoms with Gasteiger partial charge in [-0.2, -0.15) is 0 Å². The van der Waals surface area contributed by atoms with Crippen molar-refractivity contribution in [2.24, 2.45) is 0 Å². The van der Waals surface area contributed by atoms with Crippen molar-refractivity contribution in [1.82, 2.24) is 15.2 Å². The maximum Gasteiger partial charge on any atom is 0.234 e. The van der Waals surface area contributed by atoms with Gasteiger partial charge in [-0.25, -0.2) is 4.98 Å². The molecule has 1 N–H and O–H groups in total. The monoisotopic (exact) mass is 552 g/mol. The molecule has 0 atom stereocenters. The van der Waals surface area contributed by atoms with E-state index in [-0.39, 0.29) is 11.7 Å². The molecular weight excluding hydrogens is 528 g/mol. The third kappa shape index (κ3) is 6.27. The molecule has 0 bridgehead atoms. The first-order valence-electron chi connectivity index (χ1n) is 11.3. The van der Waals surface area contributed by atoms with Crippen LogP contribution in [0.4, 0.5) is 5.69 Å². The SMILES string of the molecule is COc1ccc(-c2nnc(SCC(=O)Nc3cccc(Cl)c3)nc2-c2ccc(OC)c(OC)c2)cc1OC. The summed E-state index contributed by atoms with van der Waals surface area (Å²) in [6, 6.07) is 17.8. The lowest BCUT2D eigenvalue weighted by Gasteiger charge is -2.14. The summed E-state index contributed by atoms with van der Waals surface area (Å²) >= 11 is 7.17. The molecule has 0 radical (unpaired) electrons. The number of anilines is 1. The molecule has 0 spiro atoms. The smallest absolute Gasteiger partial charge is 0.234 e. The number of halogens is 1. The van der Waals surface area contributed by atoms with E-state index >= 15 is 0 Å². The average molecular weight is 553 g/mol. The first-order chi connectivity index (χ1) is 18.4. The van der Waals surface area contributed by atoms with Crippen LogP contribution < -0.4 is 24.3 Å². The third-order valence-corrected chi connectivity index (χ3v) is 6.49. The number of hydrogen-bond acceptors (Lipinski definition) is 9. The van der Waals surface area contributed by atoms with E-state index in [0.29, 0.717) is 50.3 Å². The van der Waals surface area contributed by atoms with Gasteiger partial charge in [0.25, 0.3) is 0 Å². The molecule has 9 nitrogen and oxygen atoms in total. The molecule has 0 aliphatic heterocycles. The number of ether oxygens (including phenoxy) is 4. The minimum absolute atomic E-state index is 0.0786. The molecule has 0 saturated carbocycles. The minimum Gasteiger partial charge on any atom is -0.493 e. The molecule has 1 amide bonds. The van der Waals surface area contributed by atoms with Gasteiger partial charge in [0, 0.05) is 21.8 Å². The third-order valence-electron chi connectivity index (χ3n) is 5.42. The quantitative estimate of drug-likeness (QED) is 0.251. The molecule has 3 aromatic carbocycles. The number of nitrogens with zero attached hydrogens (tertiary/aromatic N) is 3. The molecule has 11 heteroatoms. The highest BCUT2D eigenvalue weighted by atomic mass is 35.5. The van der Waals surface area contributed by atoms with Crippen LogP contribution in [0.3, 0.4) is 0 Å². The Morgan fingerprint density at radius 1 is 0.789 bits per heavy atom. The molecule has 0 aliphatic carbocycles. The summed E-state index contributed by atoms with van der Waals surface area (Å²) in [5, 5.41) is 12.4. The number of nitrogens with one attached hydrogen (secondary N) is 1. The highest BCUT2D eigenvalue weighted by Crippen LogP contribution is 2.38. The number of carbonyl (C=O) groups excluding carboxylic acids is 1. The minimum atomic E-state index is -0.225. The van der Waals surface area contributed by atoms with Crippen molar-refractivity contribution >= 4 is 35.0 Å². The summed E-state index contributed by atoms with van der Waals surface area (Å²) in [5.74, 6) is 2.10. The molecule has 0 fully saturated rings. The van der Waals surface area contributed by atoms with Crippen LogP contribution in [-0.2, 0) is 4.79 Å². The highest BCUT2D eigenvalue weighted by Gasteiger charge is 2.18. The van der Waals surface area contributed by atoms with Gasteiger partial charge < -0.3 is 24.3 Å². The topological polar surface area (TPSA) is 105 Å². The molecule has 1 aromatic heterocycles. The molecular formula is C27H25ClN4O5S. The summed E-state index contributed by atoms with van der Waals surface area (Å²) in [6.45, 7) is 0. The Morgan fingerprint density at radius 2 is 1.39 bits per heavy atom. The fourth-order valence-electron chi connectivity index (χ4n) is 3.63. The van der Waals surface area contributed by atoms with E-state index in [1.165, 1.54) is 11.8 Å². The molecule has 1 heterocycles. The van der Waals surface area contributed by atoms with Crippen LogP contribution in [0.15, 0.2) is 65.8 Å². The van der Waals surface area contributed by atoms with E-state index in [2.05, 4.69) is 15.5 Å². The lowest BCUT2D eigenvalue weighted by atomic mass is 10.0. The second-order valence-electron chi connectivity index (χ2n) is 7.78. The summed E-state index contributed by atoms with van der Waals surface area (Å²) in [4.78, 5) is 17.3. The van der Waals surface area contributed by atoms with Crippen molar-refractivity contribution in [3.63, 3.8) is 0 Å². The van der Waals surface area contributed by atoms with Crippen molar-refractivity contribution < 1.29 is 23.7 Å².